The Morgan fingerprint density at radius 1 is 1.45 bits per heavy atom. The normalized spacial score (nSPS) is 17.6. The van der Waals surface area contributed by atoms with E-state index in [0.29, 0.717) is 18.2 Å². The van der Waals surface area contributed by atoms with Crippen molar-refractivity contribution in [3.05, 3.63) is 48.0 Å². The van der Waals surface area contributed by atoms with E-state index < -0.39 is 11.7 Å². The SMILES string of the molecule is O=C(NCCC1CCOC1)c1c(F)cccc1-n1cccn1. The number of carbonyl (C=O) groups excluding carboxylic acids is 1. The van der Waals surface area contributed by atoms with Gasteiger partial charge in [-0.15, -0.1) is 0 Å². The molecule has 1 amide bonds. The fourth-order valence-electron chi connectivity index (χ4n) is 2.63. The highest BCUT2D eigenvalue weighted by Crippen LogP contribution is 2.18. The van der Waals surface area contributed by atoms with Gasteiger partial charge in [0.15, 0.2) is 0 Å². The average molecular weight is 303 g/mol. The molecule has 0 bridgehead atoms. The van der Waals surface area contributed by atoms with Crippen molar-refractivity contribution < 1.29 is 13.9 Å². The standard InChI is InChI=1S/C16H18FN3O2/c17-13-3-1-4-14(20-9-2-7-19-20)15(13)16(21)18-8-5-12-6-10-22-11-12/h1-4,7,9,12H,5-6,8,10-11H2,(H,18,21). The molecule has 0 radical (unpaired) electrons. The molecule has 0 saturated carbocycles. The van der Waals surface area contributed by atoms with Crippen molar-refractivity contribution in [2.24, 2.45) is 5.92 Å². The first-order chi connectivity index (χ1) is 10.8. The molecule has 1 atom stereocenters. The number of aromatic nitrogens is 2. The van der Waals surface area contributed by atoms with E-state index >= 15 is 0 Å². The van der Waals surface area contributed by atoms with Gasteiger partial charge in [-0.25, -0.2) is 9.07 Å². The minimum atomic E-state index is -0.547. The summed E-state index contributed by atoms with van der Waals surface area (Å²) in [7, 11) is 0. The third-order valence-corrected chi connectivity index (χ3v) is 3.83. The Balaban J connectivity index is 1.71. The highest BCUT2D eigenvalue weighted by atomic mass is 19.1. The van der Waals surface area contributed by atoms with E-state index in [-0.39, 0.29) is 5.56 Å². The van der Waals surface area contributed by atoms with Gasteiger partial charge in [-0.2, -0.15) is 5.10 Å². The number of hydrogen-bond acceptors (Lipinski definition) is 3. The van der Waals surface area contributed by atoms with Gasteiger partial charge in [0.1, 0.15) is 11.4 Å². The molecule has 6 heteroatoms. The van der Waals surface area contributed by atoms with Gasteiger partial charge in [0.25, 0.3) is 5.91 Å². The molecule has 1 aromatic heterocycles. The molecule has 1 N–H and O–H groups in total. The van der Waals surface area contributed by atoms with Crippen LogP contribution in [-0.4, -0.2) is 35.4 Å². The Morgan fingerprint density at radius 3 is 3.09 bits per heavy atom. The maximum absolute atomic E-state index is 14.1. The van der Waals surface area contributed by atoms with Crippen LogP contribution in [0, 0.1) is 11.7 Å². The van der Waals surface area contributed by atoms with Crippen LogP contribution in [0.25, 0.3) is 5.69 Å². The monoisotopic (exact) mass is 303 g/mol. The summed E-state index contributed by atoms with van der Waals surface area (Å²) in [4.78, 5) is 12.3. The molecule has 1 aliphatic heterocycles. The number of benzene rings is 1. The number of hydrogen-bond donors (Lipinski definition) is 1. The summed E-state index contributed by atoms with van der Waals surface area (Å²) in [5.74, 6) is -0.483. The molecule has 2 heterocycles. The molecule has 22 heavy (non-hydrogen) atoms. The highest BCUT2D eigenvalue weighted by Gasteiger charge is 2.19. The van der Waals surface area contributed by atoms with Crippen molar-refractivity contribution in [3.8, 4) is 5.69 Å². The van der Waals surface area contributed by atoms with E-state index in [2.05, 4.69) is 10.4 Å². The molecular weight excluding hydrogens is 285 g/mol. The fraction of sp³-hybridized carbons (Fsp3) is 0.375. The molecule has 1 aliphatic rings. The lowest BCUT2D eigenvalue weighted by Gasteiger charge is -2.12. The Bertz CT molecular complexity index is 637. The van der Waals surface area contributed by atoms with Gasteiger partial charge in [-0.1, -0.05) is 6.07 Å². The zero-order valence-electron chi connectivity index (χ0n) is 12.2. The Kier molecular flexibility index (Phi) is 4.48. The van der Waals surface area contributed by atoms with Crippen LogP contribution in [0.1, 0.15) is 23.2 Å². The van der Waals surface area contributed by atoms with Crippen LogP contribution >= 0.6 is 0 Å². The first kappa shape index (κ1) is 14.7. The van der Waals surface area contributed by atoms with Gasteiger partial charge >= 0.3 is 0 Å². The second kappa shape index (κ2) is 6.70. The Hall–Kier alpha value is -2.21. The second-order valence-corrected chi connectivity index (χ2v) is 5.36. The maximum Gasteiger partial charge on any atom is 0.256 e. The minimum Gasteiger partial charge on any atom is -0.381 e. The quantitative estimate of drug-likeness (QED) is 0.921. The summed E-state index contributed by atoms with van der Waals surface area (Å²) in [6, 6.07) is 6.26. The first-order valence-corrected chi connectivity index (χ1v) is 7.40. The lowest BCUT2D eigenvalue weighted by molar-refractivity contribution is 0.0946. The summed E-state index contributed by atoms with van der Waals surface area (Å²) in [5.41, 5.74) is 0.459. The van der Waals surface area contributed by atoms with E-state index in [1.807, 2.05) is 0 Å². The molecule has 116 valence electrons. The summed E-state index contributed by atoms with van der Waals surface area (Å²) in [6.45, 7) is 2.04. The van der Waals surface area contributed by atoms with Crippen molar-refractivity contribution >= 4 is 5.91 Å². The molecule has 0 aliphatic carbocycles. The van der Waals surface area contributed by atoms with Crippen LogP contribution in [0.15, 0.2) is 36.7 Å². The van der Waals surface area contributed by atoms with Crippen LogP contribution in [-0.2, 0) is 4.74 Å². The lowest BCUT2D eigenvalue weighted by Crippen LogP contribution is -2.28. The van der Waals surface area contributed by atoms with Gasteiger partial charge in [-0.3, -0.25) is 4.79 Å². The maximum atomic E-state index is 14.1. The van der Waals surface area contributed by atoms with Gasteiger partial charge < -0.3 is 10.1 Å². The molecule has 1 fully saturated rings. The third-order valence-electron chi connectivity index (χ3n) is 3.83. The summed E-state index contributed by atoms with van der Waals surface area (Å²) < 4.78 is 20.9. The van der Waals surface area contributed by atoms with E-state index in [1.54, 1.807) is 30.6 Å². The summed E-state index contributed by atoms with van der Waals surface area (Å²) in [6.07, 6.45) is 5.14. The van der Waals surface area contributed by atoms with Crippen LogP contribution in [0.3, 0.4) is 0 Å². The number of nitrogens with zero attached hydrogens (tertiary/aromatic N) is 2. The topological polar surface area (TPSA) is 56.1 Å². The summed E-state index contributed by atoms with van der Waals surface area (Å²) >= 11 is 0. The molecule has 2 aromatic rings. The number of ether oxygens (including phenoxy) is 1. The van der Waals surface area contributed by atoms with Gasteiger partial charge in [-0.05, 0) is 37.0 Å². The van der Waals surface area contributed by atoms with Crippen molar-refractivity contribution in [3.63, 3.8) is 0 Å². The molecule has 1 unspecified atom stereocenters. The molecule has 1 aromatic carbocycles. The zero-order valence-corrected chi connectivity index (χ0v) is 12.2. The molecule has 1 saturated heterocycles. The second-order valence-electron chi connectivity index (χ2n) is 5.36. The highest BCUT2D eigenvalue weighted by molar-refractivity contribution is 5.98. The number of halogens is 1. The number of nitrogens with one attached hydrogen (secondary N) is 1. The van der Waals surface area contributed by atoms with Crippen LogP contribution < -0.4 is 5.32 Å². The van der Waals surface area contributed by atoms with Crippen LogP contribution in [0.4, 0.5) is 4.39 Å². The third kappa shape index (κ3) is 3.17. The van der Waals surface area contributed by atoms with Crippen molar-refractivity contribution in [2.45, 2.75) is 12.8 Å². The first-order valence-electron chi connectivity index (χ1n) is 7.40. The number of carbonyl (C=O) groups is 1. The smallest absolute Gasteiger partial charge is 0.256 e. The predicted molar refractivity (Wildman–Crippen MR) is 79.4 cm³/mol. The molecule has 0 spiro atoms. The number of amides is 1. The van der Waals surface area contributed by atoms with E-state index in [0.717, 1.165) is 26.1 Å². The average Bonchev–Trinajstić information content (AvgIpc) is 3.20. The van der Waals surface area contributed by atoms with E-state index in [1.165, 1.54) is 10.7 Å². The zero-order chi connectivity index (χ0) is 15.4. The van der Waals surface area contributed by atoms with Gasteiger partial charge in [0, 0.05) is 32.2 Å². The largest absolute Gasteiger partial charge is 0.381 e. The molecule has 5 nitrogen and oxygen atoms in total. The van der Waals surface area contributed by atoms with Crippen LogP contribution in [0.2, 0.25) is 0 Å². The van der Waals surface area contributed by atoms with Gasteiger partial charge in [0.05, 0.1) is 5.69 Å². The molecular formula is C16H18FN3O2. The fourth-order valence-corrected chi connectivity index (χ4v) is 2.63. The predicted octanol–water partition coefficient (Wildman–Crippen LogP) is 2.17. The van der Waals surface area contributed by atoms with E-state index in [9.17, 15) is 9.18 Å². The number of rotatable bonds is 5. The Morgan fingerprint density at radius 2 is 2.36 bits per heavy atom. The van der Waals surface area contributed by atoms with Crippen LogP contribution in [0.5, 0.6) is 0 Å². The van der Waals surface area contributed by atoms with Crippen molar-refractivity contribution in [1.82, 2.24) is 15.1 Å². The van der Waals surface area contributed by atoms with Gasteiger partial charge in [0.2, 0.25) is 0 Å². The van der Waals surface area contributed by atoms with Crippen molar-refractivity contribution in [2.75, 3.05) is 19.8 Å². The Labute approximate surface area is 128 Å². The van der Waals surface area contributed by atoms with E-state index in [4.69, 9.17) is 4.74 Å². The van der Waals surface area contributed by atoms with Crippen molar-refractivity contribution in [1.29, 1.82) is 0 Å². The minimum absolute atomic E-state index is 0.0221. The lowest BCUT2D eigenvalue weighted by atomic mass is 10.1. The summed E-state index contributed by atoms with van der Waals surface area (Å²) in [5, 5.41) is 6.86. The molecule has 3 rings (SSSR count).